The molecule has 1 unspecified atom stereocenters. The van der Waals surface area contributed by atoms with Crippen molar-refractivity contribution in [3.05, 3.63) is 0 Å². The van der Waals surface area contributed by atoms with E-state index in [0.29, 0.717) is 13.2 Å². The number of carbonyl (C=O) groups excluding carboxylic acids is 1. The van der Waals surface area contributed by atoms with E-state index in [-0.39, 0.29) is 5.60 Å². The van der Waals surface area contributed by atoms with Crippen LogP contribution in [0.15, 0.2) is 0 Å². The van der Waals surface area contributed by atoms with Gasteiger partial charge in [-0.25, -0.2) is 9.59 Å². The van der Waals surface area contributed by atoms with Gasteiger partial charge in [-0.15, -0.1) is 0 Å². The first-order valence-electron chi connectivity index (χ1n) is 5.93. The molecule has 4 N–H and O–H groups in total. The number of hydrogen-bond acceptors (Lipinski definition) is 4. The minimum Gasteiger partial charge on any atom is -0.480 e. The highest BCUT2D eigenvalue weighted by atomic mass is 16.5. The second kappa shape index (κ2) is 6.01. The first kappa shape index (κ1) is 14.7. The lowest BCUT2D eigenvalue weighted by Gasteiger charge is -2.24. The number of urea groups is 1. The van der Waals surface area contributed by atoms with Gasteiger partial charge in [0.05, 0.1) is 11.7 Å². The van der Waals surface area contributed by atoms with Crippen molar-refractivity contribution >= 4 is 12.0 Å². The molecule has 7 nitrogen and oxygen atoms in total. The summed E-state index contributed by atoms with van der Waals surface area (Å²) in [6, 6.07) is -1.94. The number of carbonyl (C=O) groups is 2. The second-order valence-corrected chi connectivity index (χ2v) is 4.79. The normalized spacial score (nSPS) is 26.4. The number of ether oxygens (including phenoxy) is 1. The van der Waals surface area contributed by atoms with Gasteiger partial charge in [0.1, 0.15) is 0 Å². The summed E-state index contributed by atoms with van der Waals surface area (Å²) < 4.78 is 5.48. The van der Waals surface area contributed by atoms with E-state index in [1.54, 1.807) is 0 Å². The Labute approximate surface area is 106 Å². The zero-order valence-corrected chi connectivity index (χ0v) is 10.6. The van der Waals surface area contributed by atoms with E-state index < -0.39 is 24.1 Å². The Morgan fingerprint density at radius 2 is 2.17 bits per heavy atom. The molecule has 0 saturated carbocycles. The Balaban J connectivity index is 2.38. The number of aliphatic hydroxyl groups is 1. The first-order chi connectivity index (χ1) is 8.34. The molecule has 1 fully saturated rings. The quantitative estimate of drug-likeness (QED) is 0.542. The Hall–Kier alpha value is -1.34. The Morgan fingerprint density at radius 3 is 2.61 bits per heavy atom. The Kier molecular flexibility index (Phi) is 4.92. The number of amides is 2. The van der Waals surface area contributed by atoms with Gasteiger partial charge in [0.15, 0.2) is 6.04 Å². The number of carboxylic acids is 1. The average molecular weight is 260 g/mol. The fourth-order valence-corrected chi connectivity index (χ4v) is 1.82. The number of carboxylic acid groups (broad SMARTS) is 1. The minimum absolute atomic E-state index is 0.310. The molecule has 1 aliphatic rings. The van der Waals surface area contributed by atoms with E-state index in [1.165, 1.54) is 6.92 Å². The van der Waals surface area contributed by atoms with Gasteiger partial charge < -0.3 is 25.6 Å². The van der Waals surface area contributed by atoms with Crippen LogP contribution in [0.3, 0.4) is 0 Å². The predicted octanol–water partition coefficient (Wildman–Crippen LogP) is -0.311. The minimum atomic E-state index is -1.32. The lowest BCUT2D eigenvalue weighted by Crippen LogP contribution is -2.53. The van der Waals surface area contributed by atoms with Crippen LogP contribution in [0.25, 0.3) is 0 Å². The van der Waals surface area contributed by atoms with Crippen LogP contribution in [0.5, 0.6) is 0 Å². The van der Waals surface area contributed by atoms with Crippen molar-refractivity contribution in [2.45, 2.75) is 44.4 Å². The SMILES string of the molecule is C[C@@H](O)[C@H](NC(=O)NCC1(C)CCCO1)C(=O)O. The average Bonchev–Trinajstić information content (AvgIpc) is 2.70. The Bertz CT molecular complexity index is 313. The number of rotatable bonds is 5. The van der Waals surface area contributed by atoms with Crippen molar-refractivity contribution in [3.8, 4) is 0 Å². The molecule has 1 aliphatic heterocycles. The van der Waals surface area contributed by atoms with Crippen molar-refractivity contribution in [2.75, 3.05) is 13.2 Å². The third-order valence-corrected chi connectivity index (χ3v) is 2.96. The molecule has 1 rings (SSSR count). The van der Waals surface area contributed by atoms with E-state index >= 15 is 0 Å². The van der Waals surface area contributed by atoms with Crippen LogP contribution in [0.2, 0.25) is 0 Å². The number of aliphatic hydroxyl groups excluding tert-OH is 1. The summed E-state index contributed by atoms with van der Waals surface area (Å²) >= 11 is 0. The van der Waals surface area contributed by atoms with Gasteiger partial charge >= 0.3 is 12.0 Å². The molecule has 0 spiro atoms. The molecule has 2 amide bonds. The van der Waals surface area contributed by atoms with E-state index in [0.717, 1.165) is 12.8 Å². The predicted molar refractivity (Wildman–Crippen MR) is 63.2 cm³/mol. The molecule has 0 aromatic carbocycles. The van der Waals surface area contributed by atoms with Crippen LogP contribution in [-0.4, -0.2) is 53.1 Å². The third kappa shape index (κ3) is 4.15. The lowest BCUT2D eigenvalue weighted by atomic mass is 10.0. The van der Waals surface area contributed by atoms with Crippen molar-refractivity contribution in [3.63, 3.8) is 0 Å². The molecule has 0 aromatic heterocycles. The molecule has 18 heavy (non-hydrogen) atoms. The molecular weight excluding hydrogens is 240 g/mol. The number of aliphatic carboxylic acids is 1. The van der Waals surface area contributed by atoms with Crippen molar-refractivity contribution < 1.29 is 24.5 Å². The standard InChI is InChI=1S/C11H20N2O5/c1-7(14)8(9(15)16)13-10(17)12-6-11(2)4-3-5-18-11/h7-8,14H,3-6H2,1-2H3,(H,15,16)(H2,12,13,17)/t7-,8+,11?/m1/s1. The van der Waals surface area contributed by atoms with Crippen molar-refractivity contribution in [2.24, 2.45) is 0 Å². The molecular formula is C11H20N2O5. The lowest BCUT2D eigenvalue weighted by molar-refractivity contribution is -0.141. The fourth-order valence-electron chi connectivity index (χ4n) is 1.82. The summed E-state index contributed by atoms with van der Waals surface area (Å²) in [5, 5.41) is 22.8. The largest absolute Gasteiger partial charge is 0.480 e. The summed E-state index contributed by atoms with van der Waals surface area (Å²) in [7, 11) is 0. The summed E-state index contributed by atoms with van der Waals surface area (Å²) in [6.45, 7) is 4.18. The van der Waals surface area contributed by atoms with Gasteiger partial charge in [0.25, 0.3) is 0 Å². The maximum atomic E-state index is 11.5. The maximum absolute atomic E-state index is 11.5. The summed E-state index contributed by atoms with van der Waals surface area (Å²) in [4.78, 5) is 22.3. The van der Waals surface area contributed by atoms with Crippen LogP contribution >= 0.6 is 0 Å². The van der Waals surface area contributed by atoms with Gasteiger partial charge in [-0.1, -0.05) is 0 Å². The van der Waals surface area contributed by atoms with Gasteiger partial charge in [0.2, 0.25) is 0 Å². The highest BCUT2D eigenvalue weighted by Gasteiger charge is 2.31. The zero-order valence-electron chi connectivity index (χ0n) is 10.6. The van der Waals surface area contributed by atoms with Gasteiger partial charge in [-0.2, -0.15) is 0 Å². The highest BCUT2D eigenvalue weighted by Crippen LogP contribution is 2.23. The van der Waals surface area contributed by atoms with Crippen molar-refractivity contribution in [1.82, 2.24) is 10.6 Å². The Morgan fingerprint density at radius 1 is 1.50 bits per heavy atom. The molecule has 104 valence electrons. The zero-order chi connectivity index (χ0) is 13.8. The van der Waals surface area contributed by atoms with Gasteiger partial charge in [0, 0.05) is 13.2 Å². The monoisotopic (exact) mass is 260 g/mol. The molecule has 1 heterocycles. The van der Waals surface area contributed by atoms with Crippen LogP contribution < -0.4 is 10.6 Å². The van der Waals surface area contributed by atoms with Gasteiger partial charge in [-0.3, -0.25) is 0 Å². The molecule has 1 saturated heterocycles. The summed E-state index contributed by atoms with van der Waals surface area (Å²) in [6.07, 6.45) is 0.642. The van der Waals surface area contributed by atoms with Crippen LogP contribution in [0.1, 0.15) is 26.7 Å². The number of nitrogens with one attached hydrogen (secondary N) is 2. The third-order valence-electron chi connectivity index (χ3n) is 2.96. The van der Waals surface area contributed by atoms with Gasteiger partial charge in [-0.05, 0) is 26.7 Å². The van der Waals surface area contributed by atoms with E-state index in [2.05, 4.69) is 10.6 Å². The summed E-state index contributed by atoms with van der Waals surface area (Å²) in [5.41, 5.74) is -0.388. The van der Waals surface area contributed by atoms with Crippen LogP contribution in [0.4, 0.5) is 4.79 Å². The first-order valence-corrected chi connectivity index (χ1v) is 5.93. The molecule has 0 aromatic rings. The van der Waals surface area contributed by atoms with Crippen molar-refractivity contribution in [1.29, 1.82) is 0 Å². The molecule has 0 aliphatic carbocycles. The van der Waals surface area contributed by atoms with E-state index in [4.69, 9.17) is 9.84 Å². The maximum Gasteiger partial charge on any atom is 0.328 e. The molecule has 7 heteroatoms. The topological polar surface area (TPSA) is 108 Å². The smallest absolute Gasteiger partial charge is 0.328 e. The van der Waals surface area contributed by atoms with Crippen LogP contribution in [-0.2, 0) is 9.53 Å². The molecule has 0 radical (unpaired) electrons. The van der Waals surface area contributed by atoms with E-state index in [9.17, 15) is 14.7 Å². The summed E-state index contributed by atoms with van der Waals surface area (Å²) in [5.74, 6) is -1.27. The fraction of sp³-hybridized carbons (Fsp3) is 0.818. The van der Waals surface area contributed by atoms with E-state index in [1.807, 2.05) is 6.92 Å². The number of hydrogen-bond donors (Lipinski definition) is 4. The molecule has 3 atom stereocenters. The second-order valence-electron chi connectivity index (χ2n) is 4.79. The van der Waals surface area contributed by atoms with Crippen LogP contribution in [0, 0.1) is 0 Å². The molecule has 0 bridgehead atoms. The highest BCUT2D eigenvalue weighted by molar-refractivity contribution is 5.82.